The lowest BCUT2D eigenvalue weighted by atomic mass is 10.0. The molecular formula is C15H19BrFN3. The van der Waals surface area contributed by atoms with Gasteiger partial charge in [-0.3, -0.25) is 0 Å². The normalized spacial score (nSPS) is 12.6. The topological polar surface area (TPSA) is 29.9 Å². The summed E-state index contributed by atoms with van der Waals surface area (Å²) in [5.74, 6) is 0.761. The first-order valence-electron chi connectivity index (χ1n) is 6.75. The number of benzene rings is 1. The van der Waals surface area contributed by atoms with Crippen molar-refractivity contribution in [2.75, 3.05) is 6.54 Å². The minimum absolute atomic E-state index is 0.0584. The van der Waals surface area contributed by atoms with Crippen molar-refractivity contribution >= 4 is 15.9 Å². The van der Waals surface area contributed by atoms with Gasteiger partial charge < -0.3 is 9.88 Å². The summed E-state index contributed by atoms with van der Waals surface area (Å²) >= 11 is 3.35. The van der Waals surface area contributed by atoms with E-state index < -0.39 is 0 Å². The summed E-state index contributed by atoms with van der Waals surface area (Å²) in [7, 11) is 1.97. The molecule has 2 aromatic rings. The molecule has 2 rings (SSSR count). The van der Waals surface area contributed by atoms with E-state index in [0.717, 1.165) is 35.2 Å². The van der Waals surface area contributed by atoms with Crippen molar-refractivity contribution in [1.29, 1.82) is 0 Å². The first-order valence-corrected chi connectivity index (χ1v) is 7.55. The number of hydrogen-bond donors (Lipinski definition) is 1. The van der Waals surface area contributed by atoms with Crippen LogP contribution in [0.4, 0.5) is 4.39 Å². The van der Waals surface area contributed by atoms with Crippen LogP contribution in [-0.4, -0.2) is 16.1 Å². The first kappa shape index (κ1) is 15.2. The molecule has 0 saturated carbocycles. The standard InChI is InChI=1S/C15H19BrFN3/c1-3-4-18-14(10-15-19-5-6-20(15)2)11-7-12(16)9-13(17)8-11/h5-9,14,18H,3-4,10H2,1-2H3. The summed E-state index contributed by atoms with van der Waals surface area (Å²) in [6.45, 7) is 3.01. The van der Waals surface area contributed by atoms with Crippen molar-refractivity contribution in [2.24, 2.45) is 7.05 Å². The minimum atomic E-state index is -0.225. The van der Waals surface area contributed by atoms with Gasteiger partial charge in [-0.1, -0.05) is 22.9 Å². The van der Waals surface area contributed by atoms with E-state index in [1.54, 1.807) is 12.3 Å². The maximum absolute atomic E-state index is 13.6. The maximum Gasteiger partial charge on any atom is 0.124 e. The van der Waals surface area contributed by atoms with Crippen LogP contribution in [0.1, 0.15) is 30.8 Å². The Morgan fingerprint density at radius 1 is 1.40 bits per heavy atom. The van der Waals surface area contributed by atoms with E-state index in [9.17, 15) is 4.39 Å². The third-order valence-corrected chi connectivity index (χ3v) is 3.69. The van der Waals surface area contributed by atoms with Crippen LogP contribution in [0.5, 0.6) is 0 Å². The van der Waals surface area contributed by atoms with Gasteiger partial charge in [0.2, 0.25) is 0 Å². The summed E-state index contributed by atoms with van der Waals surface area (Å²) in [4.78, 5) is 4.35. The van der Waals surface area contributed by atoms with Crippen LogP contribution in [-0.2, 0) is 13.5 Å². The van der Waals surface area contributed by atoms with Gasteiger partial charge in [-0.2, -0.15) is 0 Å². The van der Waals surface area contributed by atoms with E-state index in [-0.39, 0.29) is 11.9 Å². The molecular weight excluding hydrogens is 321 g/mol. The van der Waals surface area contributed by atoms with Crippen LogP contribution in [0, 0.1) is 5.82 Å². The summed E-state index contributed by atoms with van der Waals surface area (Å²) in [6.07, 6.45) is 5.48. The summed E-state index contributed by atoms with van der Waals surface area (Å²) in [5.41, 5.74) is 0.938. The fourth-order valence-corrected chi connectivity index (χ4v) is 2.66. The Morgan fingerprint density at radius 2 is 2.20 bits per heavy atom. The van der Waals surface area contributed by atoms with Crippen LogP contribution in [0.2, 0.25) is 0 Å². The molecule has 1 aromatic heterocycles. The van der Waals surface area contributed by atoms with E-state index in [1.807, 2.05) is 23.9 Å². The average Bonchev–Trinajstić information content (AvgIpc) is 2.78. The molecule has 0 radical (unpaired) electrons. The van der Waals surface area contributed by atoms with Crippen molar-refractivity contribution in [2.45, 2.75) is 25.8 Å². The van der Waals surface area contributed by atoms with Crippen molar-refractivity contribution < 1.29 is 4.39 Å². The van der Waals surface area contributed by atoms with Crippen LogP contribution in [0.15, 0.2) is 35.1 Å². The van der Waals surface area contributed by atoms with Crippen LogP contribution >= 0.6 is 15.9 Å². The predicted octanol–water partition coefficient (Wildman–Crippen LogP) is 3.61. The minimum Gasteiger partial charge on any atom is -0.338 e. The Labute approximate surface area is 127 Å². The van der Waals surface area contributed by atoms with E-state index in [4.69, 9.17) is 0 Å². The molecule has 0 amide bonds. The van der Waals surface area contributed by atoms with E-state index >= 15 is 0 Å². The quantitative estimate of drug-likeness (QED) is 0.871. The molecule has 5 heteroatoms. The van der Waals surface area contributed by atoms with Crippen LogP contribution in [0.3, 0.4) is 0 Å². The first-order chi connectivity index (χ1) is 9.60. The van der Waals surface area contributed by atoms with E-state index in [1.165, 1.54) is 6.07 Å². The van der Waals surface area contributed by atoms with Gasteiger partial charge in [0.15, 0.2) is 0 Å². The average molecular weight is 340 g/mol. The number of aromatic nitrogens is 2. The van der Waals surface area contributed by atoms with Gasteiger partial charge >= 0.3 is 0 Å². The largest absolute Gasteiger partial charge is 0.338 e. The summed E-state index contributed by atoms with van der Waals surface area (Å²) in [6, 6.07) is 5.07. The molecule has 1 unspecified atom stereocenters. The number of nitrogens with one attached hydrogen (secondary N) is 1. The van der Waals surface area contributed by atoms with Crippen molar-refractivity contribution in [3.05, 3.63) is 52.3 Å². The highest BCUT2D eigenvalue weighted by Gasteiger charge is 2.15. The zero-order valence-corrected chi connectivity index (χ0v) is 13.3. The Bertz CT molecular complexity index is 548. The maximum atomic E-state index is 13.6. The third kappa shape index (κ3) is 3.90. The zero-order valence-electron chi connectivity index (χ0n) is 11.7. The van der Waals surface area contributed by atoms with Gasteiger partial charge in [0.25, 0.3) is 0 Å². The molecule has 0 aliphatic rings. The SMILES string of the molecule is CCCNC(Cc1nccn1C)c1cc(F)cc(Br)c1. The molecule has 108 valence electrons. The molecule has 1 aromatic carbocycles. The number of halogens is 2. The fraction of sp³-hybridized carbons (Fsp3) is 0.400. The number of imidazole rings is 1. The molecule has 0 bridgehead atoms. The van der Waals surface area contributed by atoms with Crippen molar-refractivity contribution in [1.82, 2.24) is 14.9 Å². The Kier molecular flexibility index (Phi) is 5.31. The summed E-state index contributed by atoms with van der Waals surface area (Å²) in [5, 5.41) is 3.46. The molecule has 0 spiro atoms. The zero-order chi connectivity index (χ0) is 14.5. The predicted molar refractivity (Wildman–Crippen MR) is 82.0 cm³/mol. The molecule has 1 heterocycles. The van der Waals surface area contributed by atoms with Gasteiger partial charge in [0.1, 0.15) is 11.6 Å². The van der Waals surface area contributed by atoms with Crippen LogP contribution in [0.25, 0.3) is 0 Å². The van der Waals surface area contributed by atoms with Crippen molar-refractivity contribution in [3.63, 3.8) is 0 Å². The molecule has 0 aliphatic heterocycles. The second-order valence-corrected chi connectivity index (χ2v) is 5.78. The molecule has 0 aliphatic carbocycles. The Balaban J connectivity index is 2.24. The third-order valence-electron chi connectivity index (χ3n) is 3.24. The van der Waals surface area contributed by atoms with Gasteiger partial charge in [0.05, 0.1) is 0 Å². The van der Waals surface area contributed by atoms with Gasteiger partial charge in [-0.25, -0.2) is 9.37 Å². The van der Waals surface area contributed by atoms with E-state index in [0.29, 0.717) is 0 Å². The molecule has 20 heavy (non-hydrogen) atoms. The molecule has 1 atom stereocenters. The highest BCUT2D eigenvalue weighted by atomic mass is 79.9. The molecule has 0 saturated heterocycles. The fourth-order valence-electron chi connectivity index (χ4n) is 2.18. The lowest BCUT2D eigenvalue weighted by Crippen LogP contribution is -2.25. The Hall–Kier alpha value is -1.20. The monoisotopic (exact) mass is 339 g/mol. The second kappa shape index (κ2) is 6.99. The number of rotatable bonds is 6. The molecule has 0 fully saturated rings. The molecule has 1 N–H and O–H groups in total. The highest BCUT2D eigenvalue weighted by Crippen LogP contribution is 2.23. The smallest absolute Gasteiger partial charge is 0.124 e. The van der Waals surface area contributed by atoms with Crippen molar-refractivity contribution in [3.8, 4) is 0 Å². The lowest BCUT2D eigenvalue weighted by Gasteiger charge is -2.19. The lowest BCUT2D eigenvalue weighted by molar-refractivity contribution is 0.507. The van der Waals surface area contributed by atoms with Gasteiger partial charge in [-0.15, -0.1) is 0 Å². The second-order valence-electron chi connectivity index (χ2n) is 4.87. The number of nitrogens with zero attached hydrogens (tertiary/aromatic N) is 2. The van der Waals surface area contributed by atoms with Gasteiger partial charge in [0, 0.05) is 36.4 Å². The molecule has 3 nitrogen and oxygen atoms in total. The number of hydrogen-bond acceptors (Lipinski definition) is 2. The highest BCUT2D eigenvalue weighted by molar-refractivity contribution is 9.10. The number of aryl methyl sites for hydroxylation is 1. The summed E-state index contributed by atoms with van der Waals surface area (Å²) < 4.78 is 16.3. The van der Waals surface area contributed by atoms with E-state index in [2.05, 4.69) is 33.2 Å². The van der Waals surface area contributed by atoms with Crippen LogP contribution < -0.4 is 5.32 Å². The van der Waals surface area contributed by atoms with Gasteiger partial charge in [-0.05, 0) is 36.7 Å². The Morgan fingerprint density at radius 3 is 2.80 bits per heavy atom.